The molecule has 1 aromatic carbocycles. The molecule has 2 aliphatic carbocycles. The third-order valence-corrected chi connectivity index (χ3v) is 8.78. The topological polar surface area (TPSA) is 58.4 Å². The molecule has 2 saturated heterocycles. The van der Waals surface area contributed by atoms with Crippen molar-refractivity contribution in [1.82, 2.24) is 19.6 Å². The summed E-state index contributed by atoms with van der Waals surface area (Å²) in [5.74, 6) is 0.292. The van der Waals surface area contributed by atoms with Gasteiger partial charge in [-0.05, 0) is 63.0 Å². The molecule has 9 heteroatoms. The summed E-state index contributed by atoms with van der Waals surface area (Å²) in [7, 11) is 0. The fraction of sp³-hybridized carbons (Fsp3) is 0.607. The van der Waals surface area contributed by atoms with Gasteiger partial charge in [-0.25, -0.2) is 0 Å². The largest absolute Gasteiger partial charge is 0.416 e. The van der Waals surface area contributed by atoms with E-state index in [0.717, 1.165) is 50.3 Å². The van der Waals surface area contributed by atoms with Gasteiger partial charge < -0.3 is 9.80 Å². The third-order valence-electron chi connectivity index (χ3n) is 8.78. The number of piperidine rings is 1. The Bertz CT molecular complexity index is 1210. The van der Waals surface area contributed by atoms with E-state index in [4.69, 9.17) is 0 Å². The molecule has 1 atom stereocenters. The summed E-state index contributed by atoms with van der Waals surface area (Å²) in [6.45, 7) is 3.85. The normalized spacial score (nSPS) is 23.9. The number of benzene rings is 1. The Morgan fingerprint density at radius 3 is 2.35 bits per heavy atom. The molecule has 0 bridgehead atoms. The van der Waals surface area contributed by atoms with Crippen LogP contribution in [0.25, 0.3) is 0 Å². The molecule has 2 saturated carbocycles. The number of amides is 2. The van der Waals surface area contributed by atoms with E-state index in [1.807, 2.05) is 16.5 Å². The summed E-state index contributed by atoms with van der Waals surface area (Å²) in [6, 6.07) is 5.13. The van der Waals surface area contributed by atoms with Gasteiger partial charge in [-0.2, -0.15) is 18.3 Å². The number of halogens is 3. The molecule has 198 valence electrons. The van der Waals surface area contributed by atoms with Gasteiger partial charge in [0.05, 0.1) is 35.1 Å². The zero-order valence-corrected chi connectivity index (χ0v) is 21.1. The molecule has 4 aliphatic rings. The van der Waals surface area contributed by atoms with Gasteiger partial charge in [0, 0.05) is 31.0 Å². The number of rotatable bonds is 5. The van der Waals surface area contributed by atoms with Crippen LogP contribution in [-0.2, 0) is 11.0 Å². The van der Waals surface area contributed by atoms with Crippen LogP contribution in [0.4, 0.5) is 13.2 Å². The molecule has 0 spiro atoms. The van der Waals surface area contributed by atoms with Crippen LogP contribution in [0.2, 0.25) is 0 Å². The Labute approximate surface area is 214 Å². The molecule has 1 unspecified atom stereocenters. The van der Waals surface area contributed by atoms with Crippen LogP contribution >= 0.6 is 0 Å². The van der Waals surface area contributed by atoms with Crippen molar-refractivity contribution in [3.8, 4) is 0 Å². The minimum Gasteiger partial charge on any atom is -0.342 e. The molecule has 6 nitrogen and oxygen atoms in total. The summed E-state index contributed by atoms with van der Waals surface area (Å²) >= 11 is 0. The molecule has 0 N–H and O–H groups in total. The van der Waals surface area contributed by atoms with Crippen molar-refractivity contribution in [3.63, 3.8) is 0 Å². The van der Waals surface area contributed by atoms with Gasteiger partial charge in [0.1, 0.15) is 0 Å². The second-order valence-corrected chi connectivity index (χ2v) is 11.5. The molecular weight excluding hydrogens is 481 g/mol. The van der Waals surface area contributed by atoms with Crippen molar-refractivity contribution in [1.29, 1.82) is 0 Å². The number of aromatic nitrogens is 2. The average Bonchev–Trinajstić information content (AvgIpc) is 3.77. The van der Waals surface area contributed by atoms with E-state index >= 15 is 0 Å². The average molecular weight is 515 g/mol. The lowest BCUT2D eigenvalue weighted by atomic mass is 9.97. The van der Waals surface area contributed by atoms with Crippen LogP contribution in [0.3, 0.4) is 0 Å². The van der Waals surface area contributed by atoms with Gasteiger partial charge in [-0.3, -0.25) is 14.3 Å². The fourth-order valence-corrected chi connectivity index (χ4v) is 6.22. The summed E-state index contributed by atoms with van der Waals surface area (Å²) in [5, 5.41) is 4.66. The maximum Gasteiger partial charge on any atom is 0.416 e. The highest BCUT2D eigenvalue weighted by molar-refractivity contribution is 5.96. The van der Waals surface area contributed by atoms with Crippen LogP contribution in [0.15, 0.2) is 30.5 Å². The van der Waals surface area contributed by atoms with Crippen LogP contribution in [0.1, 0.15) is 103 Å². The molecule has 3 heterocycles. The lowest BCUT2D eigenvalue weighted by molar-refractivity contribution is -0.139. The number of nitrogens with zero attached hydrogens (tertiary/aromatic N) is 4. The first-order valence-corrected chi connectivity index (χ1v) is 13.5. The van der Waals surface area contributed by atoms with Crippen molar-refractivity contribution < 1.29 is 22.8 Å². The minimum atomic E-state index is -4.47. The number of alkyl halides is 3. The maximum absolute atomic E-state index is 13.8. The Balaban J connectivity index is 1.24. The SMILES string of the molecule is CC1(C(=O)N2CCC(n3ncc(C(=O)N4CCCC4c4ccccc4C(F)(F)F)c3C3CC3)CC2)CC1. The monoisotopic (exact) mass is 514 g/mol. The predicted octanol–water partition coefficient (Wildman–Crippen LogP) is 5.72. The van der Waals surface area contributed by atoms with Crippen molar-refractivity contribution in [3.05, 3.63) is 52.8 Å². The molecule has 2 aliphatic heterocycles. The zero-order chi connectivity index (χ0) is 25.9. The van der Waals surface area contributed by atoms with E-state index in [2.05, 4.69) is 5.10 Å². The number of carbonyl (C=O) groups excluding carboxylic acids is 2. The van der Waals surface area contributed by atoms with Crippen LogP contribution in [0, 0.1) is 5.41 Å². The lowest BCUT2D eigenvalue weighted by Gasteiger charge is -2.34. The van der Waals surface area contributed by atoms with Crippen molar-refractivity contribution >= 4 is 11.8 Å². The second-order valence-electron chi connectivity index (χ2n) is 11.5. The maximum atomic E-state index is 13.8. The molecule has 4 fully saturated rings. The molecule has 2 amide bonds. The van der Waals surface area contributed by atoms with Gasteiger partial charge in [0.2, 0.25) is 5.91 Å². The summed E-state index contributed by atoms with van der Waals surface area (Å²) < 4.78 is 43.2. The number of hydrogen-bond donors (Lipinski definition) is 0. The van der Waals surface area contributed by atoms with Crippen LogP contribution in [-0.4, -0.2) is 51.0 Å². The van der Waals surface area contributed by atoms with Gasteiger partial charge in [0.15, 0.2) is 0 Å². The van der Waals surface area contributed by atoms with Crippen LogP contribution < -0.4 is 0 Å². The van der Waals surface area contributed by atoms with E-state index in [0.29, 0.717) is 38.0 Å². The standard InChI is InChI=1S/C28H33F3N4O2/c1-27(12-13-27)26(37)33-15-10-19(11-16-33)35-24(18-8-9-18)21(17-32-35)25(36)34-14-4-7-23(34)20-5-2-3-6-22(20)28(29,30)31/h2-3,5-6,17-19,23H,4,7-16H2,1H3. The Kier molecular flexibility index (Phi) is 5.88. The number of hydrogen-bond acceptors (Lipinski definition) is 3. The quantitative estimate of drug-likeness (QED) is 0.513. The first kappa shape index (κ1) is 24.5. The van der Waals surface area contributed by atoms with Crippen molar-refractivity contribution in [2.45, 2.75) is 82.5 Å². The Hall–Kier alpha value is -2.84. The summed E-state index contributed by atoms with van der Waals surface area (Å²) in [4.78, 5) is 30.2. The van der Waals surface area contributed by atoms with Gasteiger partial charge in [-0.15, -0.1) is 0 Å². The van der Waals surface area contributed by atoms with Crippen molar-refractivity contribution in [2.24, 2.45) is 5.41 Å². The molecule has 0 radical (unpaired) electrons. The highest BCUT2D eigenvalue weighted by Gasteiger charge is 2.48. The predicted molar refractivity (Wildman–Crippen MR) is 131 cm³/mol. The first-order chi connectivity index (χ1) is 17.7. The zero-order valence-electron chi connectivity index (χ0n) is 21.1. The second kappa shape index (κ2) is 8.88. The third kappa shape index (κ3) is 4.44. The number of likely N-dealkylation sites (tertiary alicyclic amines) is 2. The number of carbonyl (C=O) groups is 2. The van der Waals surface area contributed by atoms with E-state index < -0.39 is 17.8 Å². The van der Waals surface area contributed by atoms with Gasteiger partial charge >= 0.3 is 6.18 Å². The molecule has 37 heavy (non-hydrogen) atoms. The van der Waals surface area contributed by atoms with Crippen molar-refractivity contribution in [2.75, 3.05) is 19.6 Å². The first-order valence-electron chi connectivity index (χ1n) is 13.5. The molecule has 6 rings (SSSR count). The van der Waals surface area contributed by atoms with Crippen LogP contribution in [0.5, 0.6) is 0 Å². The smallest absolute Gasteiger partial charge is 0.342 e. The van der Waals surface area contributed by atoms with Gasteiger partial charge in [0.25, 0.3) is 5.91 Å². The van der Waals surface area contributed by atoms with Gasteiger partial charge in [-0.1, -0.05) is 25.1 Å². The van der Waals surface area contributed by atoms with E-state index in [9.17, 15) is 22.8 Å². The Morgan fingerprint density at radius 2 is 1.70 bits per heavy atom. The van der Waals surface area contributed by atoms with E-state index in [1.165, 1.54) is 12.1 Å². The minimum absolute atomic E-state index is 0.119. The lowest BCUT2D eigenvalue weighted by Crippen LogP contribution is -2.42. The Morgan fingerprint density at radius 1 is 1.00 bits per heavy atom. The summed E-state index contributed by atoms with van der Waals surface area (Å²) in [6.07, 6.45) is 3.83. The highest BCUT2D eigenvalue weighted by atomic mass is 19.4. The fourth-order valence-electron chi connectivity index (χ4n) is 6.22. The molecule has 2 aromatic rings. The molecule has 1 aromatic heterocycles. The summed E-state index contributed by atoms with van der Waals surface area (Å²) in [5.41, 5.74) is 0.789. The van der Waals surface area contributed by atoms with E-state index in [-0.39, 0.29) is 34.8 Å². The van der Waals surface area contributed by atoms with E-state index in [1.54, 1.807) is 17.2 Å². The molecular formula is C28H33F3N4O2. The highest BCUT2D eigenvalue weighted by Crippen LogP contribution is 2.48.